The molecule has 0 radical (unpaired) electrons. The molecule has 2 aliphatic carbocycles. The van der Waals surface area contributed by atoms with Gasteiger partial charge in [0.2, 0.25) is 4.73 Å². The number of carboxylic acids is 1. The van der Waals surface area contributed by atoms with E-state index in [4.69, 9.17) is 11.6 Å². The summed E-state index contributed by atoms with van der Waals surface area (Å²) >= 11 is 12.7. The van der Waals surface area contributed by atoms with Crippen LogP contribution >= 0.6 is 50.6 Å². The molecule has 2 heterocycles. The SMILES string of the molecule is O=C(O)C1(Sc2nnc(Br)n2-c2cc(Cl)c(C3CC3)s2)CCC1. The molecular weight excluding hydrogens is 422 g/mol. The second kappa shape index (κ2) is 5.75. The predicted octanol–water partition coefficient (Wildman–Crippen LogP) is 4.72. The maximum atomic E-state index is 11.6. The Balaban J connectivity index is 1.70. The third-order valence-corrected chi connectivity index (χ3v) is 7.94. The molecule has 122 valence electrons. The number of thioether (sulfide) groups is 1. The van der Waals surface area contributed by atoms with Gasteiger partial charge in [0.05, 0.1) is 5.02 Å². The van der Waals surface area contributed by atoms with Crippen molar-refractivity contribution in [2.24, 2.45) is 0 Å². The molecule has 2 saturated carbocycles. The summed E-state index contributed by atoms with van der Waals surface area (Å²) in [6.07, 6.45) is 4.64. The smallest absolute Gasteiger partial charge is 0.320 e. The Labute approximate surface area is 154 Å². The topological polar surface area (TPSA) is 68.0 Å². The Kier molecular flexibility index (Phi) is 3.98. The molecule has 5 nitrogen and oxygen atoms in total. The van der Waals surface area contributed by atoms with E-state index in [0.29, 0.717) is 28.6 Å². The van der Waals surface area contributed by atoms with Crippen molar-refractivity contribution in [3.63, 3.8) is 0 Å². The van der Waals surface area contributed by atoms with Gasteiger partial charge in [-0.25, -0.2) is 0 Å². The minimum atomic E-state index is -0.776. The van der Waals surface area contributed by atoms with Crippen LogP contribution in [0.3, 0.4) is 0 Å². The minimum Gasteiger partial charge on any atom is -0.480 e. The third-order valence-electron chi connectivity index (χ3n) is 4.30. The van der Waals surface area contributed by atoms with Crippen molar-refractivity contribution in [2.45, 2.75) is 47.9 Å². The molecule has 0 atom stereocenters. The first-order valence-corrected chi connectivity index (χ1v) is 10.1. The highest BCUT2D eigenvalue weighted by atomic mass is 79.9. The summed E-state index contributed by atoms with van der Waals surface area (Å²) < 4.78 is 1.65. The average molecular weight is 435 g/mol. The highest BCUT2D eigenvalue weighted by Crippen LogP contribution is 2.50. The molecule has 0 aliphatic heterocycles. The molecule has 0 amide bonds. The number of aromatic nitrogens is 3. The van der Waals surface area contributed by atoms with Crippen molar-refractivity contribution < 1.29 is 9.90 Å². The summed E-state index contributed by atoms with van der Waals surface area (Å²) in [6.45, 7) is 0. The average Bonchev–Trinajstić information content (AvgIpc) is 3.13. The Morgan fingerprint density at radius 3 is 2.78 bits per heavy atom. The second-order valence-corrected chi connectivity index (χ2v) is 9.44. The van der Waals surface area contributed by atoms with E-state index >= 15 is 0 Å². The summed E-state index contributed by atoms with van der Waals surface area (Å²) in [5.41, 5.74) is 0. The van der Waals surface area contributed by atoms with Crippen LogP contribution in [0.2, 0.25) is 5.02 Å². The van der Waals surface area contributed by atoms with Gasteiger partial charge in [-0.05, 0) is 60.0 Å². The fourth-order valence-electron chi connectivity index (χ4n) is 2.64. The Hall–Kier alpha value is -0.570. The number of aliphatic carboxylic acids is 1. The van der Waals surface area contributed by atoms with Gasteiger partial charge in [0.25, 0.3) is 0 Å². The first-order valence-electron chi connectivity index (χ1n) is 7.33. The maximum Gasteiger partial charge on any atom is 0.320 e. The number of carboxylic acid groups (broad SMARTS) is 1. The molecule has 0 saturated heterocycles. The molecule has 2 aromatic rings. The summed E-state index contributed by atoms with van der Waals surface area (Å²) in [5.74, 6) is -0.202. The van der Waals surface area contributed by atoms with Crippen LogP contribution < -0.4 is 0 Å². The number of thiophene rings is 1. The van der Waals surface area contributed by atoms with Gasteiger partial charge in [-0.3, -0.25) is 9.36 Å². The summed E-state index contributed by atoms with van der Waals surface area (Å²) in [6, 6.07) is 1.92. The maximum absolute atomic E-state index is 11.6. The van der Waals surface area contributed by atoms with E-state index in [2.05, 4.69) is 26.1 Å². The van der Waals surface area contributed by atoms with Crippen LogP contribution in [-0.2, 0) is 4.79 Å². The Morgan fingerprint density at radius 1 is 1.48 bits per heavy atom. The van der Waals surface area contributed by atoms with E-state index in [0.717, 1.165) is 16.4 Å². The molecular formula is C14H13BrClN3O2S2. The van der Waals surface area contributed by atoms with Crippen molar-refractivity contribution in [2.75, 3.05) is 0 Å². The Morgan fingerprint density at radius 2 is 2.22 bits per heavy atom. The largest absolute Gasteiger partial charge is 0.480 e. The first-order chi connectivity index (χ1) is 11.0. The van der Waals surface area contributed by atoms with Gasteiger partial charge in [-0.2, -0.15) is 0 Å². The highest BCUT2D eigenvalue weighted by molar-refractivity contribution is 9.10. The van der Waals surface area contributed by atoms with Crippen LogP contribution in [0.1, 0.15) is 42.9 Å². The van der Waals surface area contributed by atoms with E-state index in [9.17, 15) is 9.90 Å². The lowest BCUT2D eigenvalue weighted by atomic mass is 9.84. The molecule has 1 N–H and O–H groups in total. The number of hydrogen-bond acceptors (Lipinski definition) is 5. The van der Waals surface area contributed by atoms with E-state index in [1.54, 1.807) is 11.3 Å². The minimum absolute atomic E-state index is 0.570. The lowest BCUT2D eigenvalue weighted by molar-refractivity contribution is -0.142. The lowest BCUT2D eigenvalue weighted by Gasteiger charge is -2.36. The fourth-order valence-corrected chi connectivity index (χ4v) is 6.32. The van der Waals surface area contributed by atoms with Crippen molar-refractivity contribution in [1.29, 1.82) is 0 Å². The molecule has 2 aromatic heterocycles. The van der Waals surface area contributed by atoms with Crippen LogP contribution in [0.4, 0.5) is 0 Å². The van der Waals surface area contributed by atoms with Crippen molar-refractivity contribution in [1.82, 2.24) is 14.8 Å². The zero-order chi connectivity index (χ0) is 16.2. The van der Waals surface area contributed by atoms with Crippen LogP contribution in [-0.4, -0.2) is 30.6 Å². The van der Waals surface area contributed by atoms with Crippen molar-refractivity contribution >= 4 is 56.6 Å². The third kappa shape index (κ3) is 2.73. The van der Waals surface area contributed by atoms with E-state index in [-0.39, 0.29) is 0 Å². The normalized spacial score (nSPS) is 19.6. The van der Waals surface area contributed by atoms with Crippen LogP contribution in [0.15, 0.2) is 16.0 Å². The van der Waals surface area contributed by atoms with Gasteiger partial charge in [-0.1, -0.05) is 23.4 Å². The monoisotopic (exact) mass is 433 g/mol. The predicted molar refractivity (Wildman–Crippen MR) is 94.0 cm³/mol. The molecule has 23 heavy (non-hydrogen) atoms. The molecule has 0 aromatic carbocycles. The van der Waals surface area contributed by atoms with Gasteiger partial charge in [-0.15, -0.1) is 21.5 Å². The van der Waals surface area contributed by atoms with Crippen molar-refractivity contribution in [3.8, 4) is 5.00 Å². The van der Waals surface area contributed by atoms with Crippen LogP contribution in [0, 0.1) is 0 Å². The zero-order valence-corrected chi connectivity index (χ0v) is 15.9. The van der Waals surface area contributed by atoms with Crippen LogP contribution in [0.25, 0.3) is 5.00 Å². The molecule has 4 rings (SSSR count). The first kappa shape index (κ1) is 15.9. The number of nitrogens with zero attached hydrogens (tertiary/aromatic N) is 3. The number of rotatable bonds is 5. The van der Waals surface area contributed by atoms with E-state index < -0.39 is 10.7 Å². The van der Waals surface area contributed by atoms with Gasteiger partial charge in [0.15, 0.2) is 5.16 Å². The molecule has 2 fully saturated rings. The quantitative estimate of drug-likeness (QED) is 0.737. The zero-order valence-electron chi connectivity index (χ0n) is 12.0. The van der Waals surface area contributed by atoms with Crippen molar-refractivity contribution in [3.05, 3.63) is 20.7 Å². The molecule has 0 unspecified atom stereocenters. The molecule has 0 bridgehead atoms. The number of halogens is 2. The number of carbonyl (C=O) groups is 1. The molecule has 2 aliphatic rings. The standard InChI is InChI=1S/C14H13BrClN3O2S2/c15-12-17-18-13(23-14(11(20)21)4-1-5-14)19(12)9-6-8(16)10(22-9)7-2-3-7/h6-7H,1-5H2,(H,20,21). The van der Waals surface area contributed by atoms with Gasteiger partial charge in [0.1, 0.15) is 9.75 Å². The Bertz CT molecular complexity index is 783. The van der Waals surface area contributed by atoms with Gasteiger partial charge >= 0.3 is 5.97 Å². The van der Waals surface area contributed by atoms with Gasteiger partial charge < -0.3 is 5.11 Å². The number of hydrogen-bond donors (Lipinski definition) is 1. The van der Waals surface area contributed by atoms with E-state index in [1.807, 2.05) is 10.6 Å². The summed E-state index contributed by atoms with van der Waals surface area (Å²) in [4.78, 5) is 12.8. The molecule has 9 heteroatoms. The highest BCUT2D eigenvalue weighted by Gasteiger charge is 2.47. The fraction of sp³-hybridized carbons (Fsp3) is 0.500. The van der Waals surface area contributed by atoms with Crippen LogP contribution in [0.5, 0.6) is 0 Å². The van der Waals surface area contributed by atoms with Gasteiger partial charge in [0, 0.05) is 4.88 Å². The lowest BCUT2D eigenvalue weighted by Crippen LogP contribution is -2.42. The second-order valence-electron chi connectivity index (χ2n) is 5.91. The summed E-state index contributed by atoms with van der Waals surface area (Å²) in [7, 11) is 0. The summed E-state index contributed by atoms with van der Waals surface area (Å²) in [5, 5.41) is 20.1. The molecule has 0 spiro atoms. The van der Waals surface area contributed by atoms with E-state index in [1.165, 1.54) is 29.5 Å².